The van der Waals surface area contributed by atoms with E-state index in [4.69, 9.17) is 0 Å². The Bertz CT molecular complexity index is 590. The van der Waals surface area contributed by atoms with Crippen LogP contribution in [0.25, 0.3) is 0 Å². The Kier molecular flexibility index (Phi) is 4.52. The molecule has 2 amide bonds. The predicted octanol–water partition coefficient (Wildman–Crippen LogP) is 3.33. The highest BCUT2D eigenvalue weighted by Gasteiger charge is 2.42. The van der Waals surface area contributed by atoms with E-state index < -0.39 is 11.8 Å². The summed E-state index contributed by atoms with van der Waals surface area (Å²) < 4.78 is 0.862. The molecule has 118 valence electrons. The molecule has 2 aliphatic carbocycles. The first-order valence-electron chi connectivity index (χ1n) is 7.90. The van der Waals surface area contributed by atoms with Crippen LogP contribution in [0.4, 0.5) is 5.69 Å². The highest BCUT2D eigenvalue weighted by molar-refractivity contribution is 9.10. The molecule has 2 bridgehead atoms. The molecule has 0 aliphatic heterocycles. The van der Waals surface area contributed by atoms with Crippen LogP contribution in [0.3, 0.4) is 0 Å². The number of hydrogen-bond donors (Lipinski definition) is 2. The zero-order chi connectivity index (χ0) is 15.7. The minimum Gasteiger partial charge on any atom is -0.345 e. The second-order valence-corrected chi connectivity index (χ2v) is 7.48. The highest BCUT2D eigenvalue weighted by atomic mass is 79.9. The first kappa shape index (κ1) is 15.5. The summed E-state index contributed by atoms with van der Waals surface area (Å²) in [5.41, 5.74) is 0.613. The number of hydrogen-bond acceptors (Lipinski definition) is 2. The summed E-state index contributed by atoms with van der Waals surface area (Å²) >= 11 is 3.34. The fraction of sp³-hybridized carbons (Fsp3) is 0.529. The van der Waals surface area contributed by atoms with Crippen molar-refractivity contribution in [3.63, 3.8) is 0 Å². The number of amides is 2. The lowest BCUT2D eigenvalue weighted by molar-refractivity contribution is -0.136. The molecule has 2 N–H and O–H groups in total. The van der Waals surface area contributed by atoms with Gasteiger partial charge >= 0.3 is 11.8 Å². The second-order valence-electron chi connectivity index (χ2n) is 6.57. The summed E-state index contributed by atoms with van der Waals surface area (Å²) in [5.74, 6) is 0.947. The van der Waals surface area contributed by atoms with Crippen molar-refractivity contribution in [3.8, 4) is 0 Å². The molecule has 4 nitrogen and oxygen atoms in total. The fourth-order valence-corrected chi connectivity index (χ4v) is 4.44. The van der Waals surface area contributed by atoms with Gasteiger partial charge in [-0.3, -0.25) is 9.59 Å². The van der Waals surface area contributed by atoms with Gasteiger partial charge in [-0.15, -0.1) is 0 Å². The Labute approximate surface area is 139 Å². The summed E-state index contributed by atoms with van der Waals surface area (Å²) in [5, 5.41) is 5.51. The Morgan fingerprint density at radius 3 is 2.68 bits per heavy atom. The Morgan fingerprint density at radius 1 is 1.23 bits per heavy atom. The van der Waals surface area contributed by atoms with E-state index in [2.05, 4.69) is 26.6 Å². The van der Waals surface area contributed by atoms with Gasteiger partial charge < -0.3 is 10.6 Å². The summed E-state index contributed by atoms with van der Waals surface area (Å²) in [7, 11) is 0. The third-order valence-corrected chi connectivity index (χ3v) is 5.58. The van der Waals surface area contributed by atoms with Crippen molar-refractivity contribution in [2.24, 2.45) is 17.8 Å². The van der Waals surface area contributed by atoms with E-state index in [0.717, 1.165) is 16.3 Å². The monoisotopic (exact) mass is 364 g/mol. The molecule has 5 heteroatoms. The van der Waals surface area contributed by atoms with E-state index in [1.54, 1.807) is 12.1 Å². The minimum atomic E-state index is -0.604. The van der Waals surface area contributed by atoms with Crippen LogP contribution in [0.1, 0.15) is 32.6 Å². The number of carbonyl (C=O) groups excluding carboxylic acids is 2. The van der Waals surface area contributed by atoms with Gasteiger partial charge in [0.05, 0.1) is 0 Å². The molecule has 0 saturated heterocycles. The molecular weight excluding hydrogens is 344 g/mol. The van der Waals surface area contributed by atoms with E-state index in [1.807, 2.05) is 19.1 Å². The van der Waals surface area contributed by atoms with Crippen LogP contribution in [0.2, 0.25) is 0 Å². The molecule has 0 spiro atoms. The number of halogens is 1. The first-order chi connectivity index (χ1) is 10.5. The van der Waals surface area contributed by atoms with E-state index in [9.17, 15) is 9.59 Å². The lowest BCUT2D eigenvalue weighted by atomic mass is 9.84. The smallest absolute Gasteiger partial charge is 0.313 e. The number of nitrogens with one attached hydrogen (secondary N) is 2. The number of benzene rings is 1. The number of fused-ring (bicyclic) bond motifs is 2. The third-order valence-electron chi connectivity index (χ3n) is 5.08. The van der Waals surface area contributed by atoms with Crippen molar-refractivity contribution in [2.45, 2.75) is 38.6 Å². The number of anilines is 1. The molecule has 1 aromatic carbocycles. The Hall–Kier alpha value is -1.36. The molecule has 0 radical (unpaired) electrons. The van der Waals surface area contributed by atoms with Gasteiger partial charge in [0.2, 0.25) is 0 Å². The third kappa shape index (κ3) is 3.35. The molecule has 22 heavy (non-hydrogen) atoms. The van der Waals surface area contributed by atoms with Gasteiger partial charge in [0, 0.05) is 16.2 Å². The van der Waals surface area contributed by atoms with Crippen molar-refractivity contribution < 1.29 is 9.59 Å². The van der Waals surface area contributed by atoms with Crippen LogP contribution in [-0.2, 0) is 9.59 Å². The largest absolute Gasteiger partial charge is 0.345 e. The zero-order valence-corrected chi connectivity index (χ0v) is 14.2. The Morgan fingerprint density at radius 2 is 2.05 bits per heavy atom. The lowest BCUT2D eigenvalue weighted by Gasteiger charge is -2.28. The molecule has 2 aliphatic rings. The minimum absolute atomic E-state index is 0.0658. The van der Waals surface area contributed by atoms with Crippen LogP contribution in [0.15, 0.2) is 28.7 Å². The maximum absolute atomic E-state index is 12.1. The van der Waals surface area contributed by atoms with Gasteiger partial charge in [-0.25, -0.2) is 0 Å². The predicted molar refractivity (Wildman–Crippen MR) is 89.3 cm³/mol. The molecule has 1 aromatic rings. The van der Waals surface area contributed by atoms with E-state index in [1.165, 1.54) is 25.7 Å². The highest BCUT2D eigenvalue weighted by Crippen LogP contribution is 2.49. The SMILES string of the molecule is CC(NC(=O)C(=O)Nc1cccc(Br)c1)C1CC2CCC1C2. The summed E-state index contributed by atoms with van der Waals surface area (Å²) in [6.07, 6.45) is 5.11. The van der Waals surface area contributed by atoms with Crippen molar-refractivity contribution in [2.75, 3.05) is 5.32 Å². The average Bonchev–Trinajstić information content (AvgIpc) is 3.09. The van der Waals surface area contributed by atoms with Crippen molar-refractivity contribution in [1.82, 2.24) is 5.32 Å². The van der Waals surface area contributed by atoms with Gasteiger partial charge in [0.1, 0.15) is 0 Å². The van der Waals surface area contributed by atoms with Crippen LogP contribution >= 0.6 is 15.9 Å². The van der Waals surface area contributed by atoms with E-state index >= 15 is 0 Å². The van der Waals surface area contributed by atoms with Crippen molar-refractivity contribution in [3.05, 3.63) is 28.7 Å². The topological polar surface area (TPSA) is 58.2 Å². The second kappa shape index (κ2) is 6.41. The Balaban J connectivity index is 1.54. The molecule has 4 unspecified atom stereocenters. The first-order valence-corrected chi connectivity index (χ1v) is 8.69. The molecule has 3 rings (SSSR count). The van der Waals surface area contributed by atoms with E-state index in [-0.39, 0.29) is 6.04 Å². The van der Waals surface area contributed by atoms with Crippen LogP contribution < -0.4 is 10.6 Å². The van der Waals surface area contributed by atoms with Gasteiger partial charge in [0.25, 0.3) is 0 Å². The van der Waals surface area contributed by atoms with Gasteiger partial charge in [-0.1, -0.05) is 28.4 Å². The van der Waals surface area contributed by atoms with Crippen LogP contribution in [-0.4, -0.2) is 17.9 Å². The molecule has 0 heterocycles. The number of carbonyl (C=O) groups is 2. The van der Waals surface area contributed by atoms with Crippen LogP contribution in [0.5, 0.6) is 0 Å². The van der Waals surface area contributed by atoms with Crippen molar-refractivity contribution in [1.29, 1.82) is 0 Å². The maximum atomic E-state index is 12.1. The van der Waals surface area contributed by atoms with Crippen LogP contribution in [0, 0.1) is 17.8 Å². The molecule has 2 fully saturated rings. The molecule has 4 atom stereocenters. The summed E-state index contributed by atoms with van der Waals surface area (Å²) in [4.78, 5) is 24.1. The summed E-state index contributed by atoms with van der Waals surface area (Å²) in [6, 6.07) is 7.28. The van der Waals surface area contributed by atoms with E-state index in [0.29, 0.717) is 11.6 Å². The maximum Gasteiger partial charge on any atom is 0.313 e. The zero-order valence-electron chi connectivity index (χ0n) is 12.6. The van der Waals surface area contributed by atoms with Gasteiger partial charge in [0.15, 0.2) is 0 Å². The molecule has 2 saturated carbocycles. The van der Waals surface area contributed by atoms with Crippen molar-refractivity contribution >= 4 is 33.4 Å². The lowest BCUT2D eigenvalue weighted by Crippen LogP contribution is -2.45. The molecule has 0 aromatic heterocycles. The van der Waals surface area contributed by atoms with Gasteiger partial charge in [-0.05, 0) is 62.1 Å². The molecular formula is C17H21BrN2O2. The number of rotatable bonds is 3. The fourth-order valence-electron chi connectivity index (χ4n) is 4.04. The van der Waals surface area contributed by atoms with Gasteiger partial charge in [-0.2, -0.15) is 0 Å². The normalized spacial score (nSPS) is 27.5. The average molecular weight is 365 g/mol. The quantitative estimate of drug-likeness (QED) is 0.808. The standard InChI is InChI=1S/C17H21BrN2O2/c1-10(15-8-11-5-6-12(15)7-11)19-16(21)17(22)20-14-4-2-3-13(18)9-14/h2-4,9-12,15H,5-8H2,1H3,(H,19,21)(H,20,22). The summed E-state index contributed by atoms with van der Waals surface area (Å²) in [6.45, 7) is 2.02.